The van der Waals surface area contributed by atoms with Crippen LogP contribution in [0.25, 0.3) is 0 Å². The Kier molecular flexibility index (Phi) is 2.84. The molecule has 0 fully saturated rings. The Morgan fingerprint density at radius 3 is 3.06 bits per heavy atom. The SMILES string of the molecule is COc1ccc2c(c1)CCCC2(N)c1nccs1. The summed E-state index contributed by atoms with van der Waals surface area (Å²) in [6.07, 6.45) is 4.94. The Labute approximate surface area is 111 Å². The topological polar surface area (TPSA) is 48.1 Å². The van der Waals surface area contributed by atoms with Crippen molar-refractivity contribution in [2.45, 2.75) is 24.8 Å². The van der Waals surface area contributed by atoms with Gasteiger partial charge in [0.05, 0.1) is 12.6 Å². The number of ether oxygens (including phenoxy) is 1. The lowest BCUT2D eigenvalue weighted by Gasteiger charge is -2.34. The Morgan fingerprint density at radius 1 is 1.44 bits per heavy atom. The van der Waals surface area contributed by atoms with Gasteiger partial charge in [0.2, 0.25) is 0 Å². The summed E-state index contributed by atoms with van der Waals surface area (Å²) in [5.74, 6) is 0.900. The van der Waals surface area contributed by atoms with Crippen molar-refractivity contribution < 1.29 is 4.74 Å². The first-order valence-electron chi connectivity index (χ1n) is 6.10. The number of nitrogens with two attached hydrogens (primary N) is 1. The Morgan fingerprint density at radius 2 is 2.33 bits per heavy atom. The third-order valence-corrected chi connectivity index (χ3v) is 4.57. The molecule has 3 rings (SSSR count). The molecular formula is C14H16N2OS. The number of nitrogens with zero attached hydrogens (tertiary/aromatic N) is 1. The molecule has 1 aromatic carbocycles. The predicted molar refractivity (Wildman–Crippen MR) is 73.0 cm³/mol. The van der Waals surface area contributed by atoms with Crippen LogP contribution in [-0.4, -0.2) is 12.1 Å². The number of hydrogen-bond donors (Lipinski definition) is 1. The summed E-state index contributed by atoms with van der Waals surface area (Å²) in [6.45, 7) is 0. The van der Waals surface area contributed by atoms with Gasteiger partial charge in [0.25, 0.3) is 0 Å². The van der Waals surface area contributed by atoms with E-state index in [-0.39, 0.29) is 0 Å². The van der Waals surface area contributed by atoms with Crippen molar-refractivity contribution in [3.63, 3.8) is 0 Å². The molecular weight excluding hydrogens is 244 g/mol. The number of benzene rings is 1. The largest absolute Gasteiger partial charge is 0.497 e. The van der Waals surface area contributed by atoms with Crippen LogP contribution >= 0.6 is 11.3 Å². The van der Waals surface area contributed by atoms with Gasteiger partial charge < -0.3 is 10.5 Å². The van der Waals surface area contributed by atoms with E-state index >= 15 is 0 Å². The average molecular weight is 260 g/mol. The third kappa shape index (κ3) is 1.72. The second kappa shape index (κ2) is 4.37. The van der Waals surface area contributed by atoms with E-state index in [2.05, 4.69) is 17.1 Å². The fraction of sp³-hybridized carbons (Fsp3) is 0.357. The maximum atomic E-state index is 6.64. The van der Waals surface area contributed by atoms with Gasteiger partial charge in [-0.25, -0.2) is 4.98 Å². The highest BCUT2D eigenvalue weighted by Crippen LogP contribution is 2.40. The quantitative estimate of drug-likeness (QED) is 0.903. The lowest BCUT2D eigenvalue weighted by molar-refractivity contribution is 0.407. The number of hydrogen-bond acceptors (Lipinski definition) is 4. The van der Waals surface area contributed by atoms with Crippen molar-refractivity contribution in [3.05, 3.63) is 45.9 Å². The number of aromatic nitrogens is 1. The second-order valence-corrected chi connectivity index (χ2v) is 5.58. The Hall–Kier alpha value is -1.39. The average Bonchev–Trinajstić information content (AvgIpc) is 2.93. The summed E-state index contributed by atoms with van der Waals surface area (Å²) in [4.78, 5) is 4.42. The van der Waals surface area contributed by atoms with Crippen LogP contribution in [0, 0.1) is 0 Å². The molecule has 0 saturated heterocycles. The molecule has 0 spiro atoms. The fourth-order valence-corrected chi connectivity index (χ4v) is 3.49. The van der Waals surface area contributed by atoms with Gasteiger partial charge in [0, 0.05) is 11.6 Å². The van der Waals surface area contributed by atoms with E-state index in [0.717, 1.165) is 30.0 Å². The Bertz CT molecular complexity index is 553. The normalized spacial score (nSPS) is 22.6. The molecule has 1 aliphatic rings. The molecule has 1 aliphatic carbocycles. The van der Waals surface area contributed by atoms with Gasteiger partial charge in [0.1, 0.15) is 10.8 Å². The van der Waals surface area contributed by atoms with Gasteiger partial charge in [0.15, 0.2) is 0 Å². The summed E-state index contributed by atoms with van der Waals surface area (Å²) >= 11 is 1.63. The number of thiazole rings is 1. The predicted octanol–water partition coefficient (Wildman–Crippen LogP) is 2.69. The zero-order chi connectivity index (χ0) is 12.6. The summed E-state index contributed by atoms with van der Waals surface area (Å²) in [5, 5.41) is 3.00. The molecule has 1 atom stereocenters. The van der Waals surface area contributed by atoms with Crippen molar-refractivity contribution in [2.75, 3.05) is 7.11 Å². The number of aryl methyl sites for hydroxylation is 1. The lowest BCUT2D eigenvalue weighted by atomic mass is 9.77. The highest BCUT2D eigenvalue weighted by Gasteiger charge is 2.36. The van der Waals surface area contributed by atoms with Crippen LogP contribution in [0.5, 0.6) is 5.75 Å². The molecule has 2 aromatic rings. The highest BCUT2D eigenvalue weighted by molar-refractivity contribution is 7.09. The van der Waals surface area contributed by atoms with Crippen LogP contribution in [0.1, 0.15) is 29.0 Å². The van der Waals surface area contributed by atoms with E-state index < -0.39 is 5.54 Å². The number of fused-ring (bicyclic) bond motifs is 1. The lowest BCUT2D eigenvalue weighted by Crippen LogP contribution is -2.41. The molecule has 4 heteroatoms. The highest BCUT2D eigenvalue weighted by atomic mass is 32.1. The van der Waals surface area contributed by atoms with E-state index in [0.29, 0.717) is 0 Å². The Balaban J connectivity index is 2.12. The molecule has 1 heterocycles. The van der Waals surface area contributed by atoms with Crippen molar-refractivity contribution >= 4 is 11.3 Å². The van der Waals surface area contributed by atoms with Gasteiger partial charge in [-0.05, 0) is 42.5 Å². The molecule has 0 amide bonds. The van der Waals surface area contributed by atoms with Gasteiger partial charge in [-0.1, -0.05) is 6.07 Å². The van der Waals surface area contributed by atoms with Crippen LogP contribution < -0.4 is 10.5 Å². The molecule has 18 heavy (non-hydrogen) atoms. The maximum Gasteiger partial charge on any atom is 0.119 e. The minimum Gasteiger partial charge on any atom is -0.497 e. The molecule has 0 saturated carbocycles. The second-order valence-electron chi connectivity index (χ2n) is 4.69. The number of methoxy groups -OCH3 is 1. The van der Waals surface area contributed by atoms with Crippen LogP contribution in [0.15, 0.2) is 29.8 Å². The van der Waals surface area contributed by atoms with Crippen LogP contribution in [0.4, 0.5) is 0 Å². The van der Waals surface area contributed by atoms with Gasteiger partial charge in [-0.2, -0.15) is 0 Å². The molecule has 0 aliphatic heterocycles. The summed E-state index contributed by atoms with van der Waals surface area (Å²) < 4.78 is 5.29. The third-order valence-electron chi connectivity index (χ3n) is 3.62. The van der Waals surface area contributed by atoms with E-state index in [4.69, 9.17) is 10.5 Å². The monoisotopic (exact) mass is 260 g/mol. The van der Waals surface area contributed by atoms with Gasteiger partial charge >= 0.3 is 0 Å². The molecule has 94 valence electrons. The molecule has 2 N–H and O–H groups in total. The zero-order valence-corrected chi connectivity index (χ0v) is 11.2. The molecule has 0 bridgehead atoms. The molecule has 1 unspecified atom stereocenters. The van der Waals surface area contributed by atoms with Crippen LogP contribution in [0.2, 0.25) is 0 Å². The van der Waals surface area contributed by atoms with Crippen molar-refractivity contribution in [1.29, 1.82) is 0 Å². The first-order valence-corrected chi connectivity index (χ1v) is 6.98. The first-order chi connectivity index (χ1) is 8.74. The van der Waals surface area contributed by atoms with Crippen molar-refractivity contribution in [2.24, 2.45) is 5.73 Å². The smallest absolute Gasteiger partial charge is 0.119 e. The van der Waals surface area contributed by atoms with Crippen molar-refractivity contribution in [3.8, 4) is 5.75 Å². The summed E-state index contributed by atoms with van der Waals surface area (Å²) in [6, 6.07) is 6.18. The maximum absolute atomic E-state index is 6.64. The molecule has 3 nitrogen and oxygen atoms in total. The summed E-state index contributed by atoms with van der Waals surface area (Å²) in [7, 11) is 1.70. The van der Waals surface area contributed by atoms with E-state index in [1.54, 1.807) is 18.4 Å². The minimum absolute atomic E-state index is 0.423. The zero-order valence-electron chi connectivity index (χ0n) is 10.3. The van der Waals surface area contributed by atoms with Crippen LogP contribution in [-0.2, 0) is 12.0 Å². The first kappa shape index (κ1) is 11.7. The molecule has 0 radical (unpaired) electrons. The van der Waals surface area contributed by atoms with Crippen molar-refractivity contribution in [1.82, 2.24) is 4.98 Å². The van der Waals surface area contributed by atoms with E-state index in [1.807, 2.05) is 17.6 Å². The fourth-order valence-electron chi connectivity index (χ4n) is 2.70. The standard InChI is InChI=1S/C14H16N2OS/c1-17-11-4-5-12-10(9-11)3-2-6-14(12,15)13-16-7-8-18-13/h4-5,7-9H,2-3,6,15H2,1H3. The van der Waals surface area contributed by atoms with Gasteiger partial charge in [-0.15, -0.1) is 11.3 Å². The summed E-state index contributed by atoms with van der Waals surface area (Å²) in [5.41, 5.74) is 8.70. The van der Waals surface area contributed by atoms with Crippen LogP contribution in [0.3, 0.4) is 0 Å². The molecule has 1 aromatic heterocycles. The minimum atomic E-state index is -0.423. The van der Waals surface area contributed by atoms with E-state index in [9.17, 15) is 0 Å². The van der Waals surface area contributed by atoms with E-state index in [1.165, 1.54) is 11.1 Å². The number of rotatable bonds is 2. The van der Waals surface area contributed by atoms with Gasteiger partial charge in [-0.3, -0.25) is 0 Å².